The Hall–Kier alpha value is -1.55. The van der Waals surface area contributed by atoms with Crippen LogP contribution in [-0.2, 0) is 4.79 Å². The summed E-state index contributed by atoms with van der Waals surface area (Å²) in [5.41, 5.74) is 7.93. The van der Waals surface area contributed by atoms with Gasteiger partial charge in [-0.15, -0.1) is 0 Å². The first-order chi connectivity index (χ1) is 8.66. The van der Waals surface area contributed by atoms with Crippen LogP contribution in [0.25, 0.3) is 0 Å². The highest BCUT2D eigenvalue weighted by atomic mass is 16.4. The molecule has 0 saturated carbocycles. The summed E-state index contributed by atoms with van der Waals surface area (Å²) in [6.45, 7) is 2.22. The fourth-order valence-corrected chi connectivity index (χ4v) is 2.39. The fourth-order valence-electron chi connectivity index (χ4n) is 2.39. The van der Waals surface area contributed by atoms with Crippen LogP contribution in [0.5, 0.6) is 0 Å². The van der Waals surface area contributed by atoms with Crippen LogP contribution in [-0.4, -0.2) is 24.2 Å². The van der Waals surface area contributed by atoms with E-state index in [-0.39, 0.29) is 6.42 Å². The van der Waals surface area contributed by atoms with Gasteiger partial charge in [0, 0.05) is 24.8 Å². The number of nitrogens with two attached hydrogens (primary N) is 1. The molecule has 2 rings (SSSR count). The number of hydrogen-bond donors (Lipinski definition) is 2. The molecule has 0 amide bonds. The van der Waals surface area contributed by atoms with Crippen LogP contribution in [0, 0.1) is 0 Å². The molecule has 4 heteroatoms. The zero-order valence-corrected chi connectivity index (χ0v) is 10.5. The summed E-state index contributed by atoms with van der Waals surface area (Å²) in [6, 6.07) is 7.55. The molecule has 1 aliphatic rings. The summed E-state index contributed by atoms with van der Waals surface area (Å²) in [7, 11) is 0. The summed E-state index contributed by atoms with van der Waals surface area (Å²) in [4.78, 5) is 13.0. The standard InChI is InChI=1S/C14H20N2O2/c15-13(10-14(17)18)11-4-6-12(7-5-11)16-8-2-1-3-9-16/h4-7,13H,1-3,8-10,15H2,(H,17,18)/t13-/m0/s1. The van der Waals surface area contributed by atoms with E-state index in [9.17, 15) is 4.79 Å². The highest BCUT2D eigenvalue weighted by Gasteiger charge is 2.13. The van der Waals surface area contributed by atoms with Crippen molar-refractivity contribution in [1.29, 1.82) is 0 Å². The van der Waals surface area contributed by atoms with Crippen LogP contribution in [0.2, 0.25) is 0 Å². The van der Waals surface area contributed by atoms with E-state index in [0.29, 0.717) is 0 Å². The lowest BCUT2D eigenvalue weighted by Gasteiger charge is -2.29. The molecule has 18 heavy (non-hydrogen) atoms. The molecule has 1 aromatic carbocycles. The lowest BCUT2D eigenvalue weighted by Crippen LogP contribution is -2.29. The van der Waals surface area contributed by atoms with Crippen molar-refractivity contribution < 1.29 is 9.90 Å². The van der Waals surface area contributed by atoms with Gasteiger partial charge >= 0.3 is 5.97 Å². The minimum absolute atomic E-state index is 0.0247. The van der Waals surface area contributed by atoms with E-state index in [2.05, 4.69) is 4.90 Å². The van der Waals surface area contributed by atoms with E-state index in [1.54, 1.807) is 0 Å². The molecule has 0 aromatic heterocycles. The third kappa shape index (κ3) is 3.23. The largest absolute Gasteiger partial charge is 0.481 e. The maximum atomic E-state index is 10.6. The smallest absolute Gasteiger partial charge is 0.305 e. The maximum absolute atomic E-state index is 10.6. The van der Waals surface area contributed by atoms with Gasteiger partial charge in [-0.25, -0.2) is 0 Å². The minimum Gasteiger partial charge on any atom is -0.481 e. The molecule has 0 bridgehead atoms. The third-order valence-electron chi connectivity index (χ3n) is 3.44. The number of aliphatic carboxylic acids is 1. The summed E-state index contributed by atoms with van der Waals surface area (Å²) in [5.74, 6) is -0.859. The predicted molar refractivity (Wildman–Crippen MR) is 71.7 cm³/mol. The number of piperidine rings is 1. The Kier molecular flexibility index (Phi) is 4.20. The molecule has 1 heterocycles. The summed E-state index contributed by atoms with van der Waals surface area (Å²) in [5, 5.41) is 8.72. The van der Waals surface area contributed by atoms with Gasteiger partial charge in [-0.05, 0) is 37.0 Å². The van der Waals surface area contributed by atoms with Gasteiger partial charge in [0.25, 0.3) is 0 Å². The zero-order chi connectivity index (χ0) is 13.0. The molecule has 4 nitrogen and oxygen atoms in total. The molecule has 1 aliphatic heterocycles. The van der Waals surface area contributed by atoms with Gasteiger partial charge < -0.3 is 15.7 Å². The van der Waals surface area contributed by atoms with Gasteiger partial charge in [0.15, 0.2) is 0 Å². The number of rotatable bonds is 4. The van der Waals surface area contributed by atoms with E-state index >= 15 is 0 Å². The summed E-state index contributed by atoms with van der Waals surface area (Å²) in [6.07, 6.45) is 3.79. The third-order valence-corrected chi connectivity index (χ3v) is 3.44. The number of hydrogen-bond acceptors (Lipinski definition) is 3. The highest BCUT2D eigenvalue weighted by molar-refractivity contribution is 5.68. The Bertz CT molecular complexity index is 397. The Morgan fingerprint density at radius 3 is 2.39 bits per heavy atom. The van der Waals surface area contributed by atoms with Gasteiger partial charge in [-0.3, -0.25) is 4.79 Å². The molecular formula is C14H20N2O2. The van der Waals surface area contributed by atoms with Gasteiger partial charge in [-0.2, -0.15) is 0 Å². The monoisotopic (exact) mass is 248 g/mol. The second-order valence-corrected chi connectivity index (χ2v) is 4.84. The molecule has 1 saturated heterocycles. The molecule has 0 aliphatic carbocycles. The van der Waals surface area contributed by atoms with Crippen molar-refractivity contribution in [2.45, 2.75) is 31.7 Å². The Morgan fingerprint density at radius 2 is 1.83 bits per heavy atom. The maximum Gasteiger partial charge on any atom is 0.305 e. The van der Waals surface area contributed by atoms with Crippen molar-refractivity contribution >= 4 is 11.7 Å². The predicted octanol–water partition coefficient (Wildman–Crippen LogP) is 2.15. The molecule has 0 radical (unpaired) electrons. The van der Waals surface area contributed by atoms with Crippen molar-refractivity contribution in [3.8, 4) is 0 Å². The first kappa shape index (κ1) is 12.9. The number of carbonyl (C=O) groups is 1. The lowest BCUT2D eigenvalue weighted by atomic mass is 10.0. The molecule has 1 aromatic rings. The minimum atomic E-state index is -0.859. The number of benzene rings is 1. The normalized spacial score (nSPS) is 17.5. The summed E-state index contributed by atoms with van der Waals surface area (Å²) < 4.78 is 0. The quantitative estimate of drug-likeness (QED) is 0.856. The molecule has 1 fully saturated rings. The number of carboxylic acid groups (broad SMARTS) is 1. The molecule has 1 atom stereocenters. The van der Waals surface area contributed by atoms with Crippen molar-refractivity contribution in [2.24, 2.45) is 5.73 Å². The molecule has 98 valence electrons. The number of nitrogens with zero attached hydrogens (tertiary/aromatic N) is 1. The van der Waals surface area contributed by atoms with E-state index in [4.69, 9.17) is 10.8 Å². The Balaban J connectivity index is 2.02. The van der Waals surface area contributed by atoms with Crippen LogP contribution in [0.15, 0.2) is 24.3 Å². The van der Waals surface area contributed by atoms with Crippen LogP contribution in [0.3, 0.4) is 0 Å². The first-order valence-corrected chi connectivity index (χ1v) is 6.49. The van der Waals surface area contributed by atoms with E-state index < -0.39 is 12.0 Å². The SMILES string of the molecule is N[C@@H](CC(=O)O)c1ccc(N2CCCCC2)cc1. The van der Waals surface area contributed by atoms with Crippen LogP contribution >= 0.6 is 0 Å². The van der Waals surface area contributed by atoms with Gasteiger partial charge in [0.2, 0.25) is 0 Å². The van der Waals surface area contributed by atoms with Crippen LogP contribution < -0.4 is 10.6 Å². The lowest BCUT2D eigenvalue weighted by molar-refractivity contribution is -0.137. The average Bonchev–Trinajstić information content (AvgIpc) is 2.39. The van der Waals surface area contributed by atoms with E-state index in [0.717, 1.165) is 18.7 Å². The Labute approximate surface area is 107 Å². The van der Waals surface area contributed by atoms with E-state index in [1.807, 2.05) is 24.3 Å². The van der Waals surface area contributed by atoms with Gasteiger partial charge in [-0.1, -0.05) is 12.1 Å². The van der Waals surface area contributed by atoms with Gasteiger partial charge in [0.05, 0.1) is 6.42 Å². The fraction of sp³-hybridized carbons (Fsp3) is 0.500. The zero-order valence-electron chi connectivity index (χ0n) is 10.5. The van der Waals surface area contributed by atoms with Crippen molar-refractivity contribution in [2.75, 3.05) is 18.0 Å². The highest BCUT2D eigenvalue weighted by Crippen LogP contribution is 2.22. The first-order valence-electron chi connectivity index (χ1n) is 6.49. The average molecular weight is 248 g/mol. The molecule has 0 unspecified atom stereocenters. The van der Waals surface area contributed by atoms with Crippen molar-refractivity contribution in [3.05, 3.63) is 29.8 Å². The second kappa shape index (κ2) is 5.87. The molecule has 0 spiro atoms. The van der Waals surface area contributed by atoms with Crippen molar-refractivity contribution in [3.63, 3.8) is 0 Å². The number of carboxylic acids is 1. The van der Waals surface area contributed by atoms with E-state index in [1.165, 1.54) is 24.9 Å². The topological polar surface area (TPSA) is 66.6 Å². The van der Waals surface area contributed by atoms with Crippen molar-refractivity contribution in [1.82, 2.24) is 0 Å². The van der Waals surface area contributed by atoms with Crippen LogP contribution in [0.4, 0.5) is 5.69 Å². The van der Waals surface area contributed by atoms with Gasteiger partial charge in [0.1, 0.15) is 0 Å². The molecular weight excluding hydrogens is 228 g/mol. The Morgan fingerprint density at radius 1 is 1.22 bits per heavy atom. The van der Waals surface area contributed by atoms with Crippen LogP contribution in [0.1, 0.15) is 37.3 Å². The molecule has 3 N–H and O–H groups in total. The summed E-state index contributed by atoms with van der Waals surface area (Å²) >= 11 is 0. The second-order valence-electron chi connectivity index (χ2n) is 4.84. The number of anilines is 1.